The van der Waals surface area contributed by atoms with Crippen LogP contribution in [0.4, 0.5) is 0 Å². The number of benzene rings is 1. The zero-order chi connectivity index (χ0) is 12.9. The highest BCUT2D eigenvalue weighted by molar-refractivity contribution is 6.30. The normalized spacial score (nSPS) is 11.3. The molecule has 0 unspecified atom stereocenters. The quantitative estimate of drug-likeness (QED) is 0.854. The number of hydrogen-bond donors (Lipinski definition) is 1. The molecule has 0 heterocycles. The van der Waals surface area contributed by atoms with Crippen molar-refractivity contribution in [3.05, 3.63) is 34.9 Å². The first kappa shape index (κ1) is 14.0. The summed E-state index contributed by atoms with van der Waals surface area (Å²) in [6.07, 6.45) is 2.20. The molecule has 0 radical (unpaired) electrons. The summed E-state index contributed by atoms with van der Waals surface area (Å²) < 4.78 is 0. The van der Waals surface area contributed by atoms with Gasteiger partial charge in [0.25, 0.3) is 0 Å². The molecule has 0 aliphatic carbocycles. The summed E-state index contributed by atoms with van der Waals surface area (Å²) in [4.78, 5) is 11.7. The first-order chi connectivity index (χ1) is 7.93. The summed E-state index contributed by atoms with van der Waals surface area (Å²) in [5.74, 6) is 0.104. The number of aryl methyl sites for hydroxylation is 1. The van der Waals surface area contributed by atoms with Crippen LogP contribution >= 0.6 is 11.6 Å². The number of carbonyl (C=O) groups excluding carboxylic acids is 1. The molecule has 0 saturated heterocycles. The van der Waals surface area contributed by atoms with E-state index in [1.54, 1.807) is 0 Å². The maximum Gasteiger partial charge on any atom is 0.220 e. The fourth-order valence-electron chi connectivity index (χ4n) is 1.44. The van der Waals surface area contributed by atoms with Crippen LogP contribution in [0.3, 0.4) is 0 Å². The second-order valence-corrected chi connectivity index (χ2v) is 5.35. The number of hydrogen-bond acceptors (Lipinski definition) is 1. The monoisotopic (exact) mass is 253 g/mol. The predicted molar refractivity (Wildman–Crippen MR) is 72.3 cm³/mol. The van der Waals surface area contributed by atoms with Crippen molar-refractivity contribution in [3.63, 3.8) is 0 Å². The van der Waals surface area contributed by atoms with Crippen LogP contribution in [0.5, 0.6) is 0 Å². The van der Waals surface area contributed by atoms with Gasteiger partial charge in [0.05, 0.1) is 0 Å². The summed E-state index contributed by atoms with van der Waals surface area (Å²) in [6, 6.07) is 7.62. The van der Waals surface area contributed by atoms with Crippen LogP contribution in [0.1, 0.15) is 39.2 Å². The van der Waals surface area contributed by atoms with E-state index >= 15 is 0 Å². The molecular formula is C14H20ClNO. The number of amides is 1. The van der Waals surface area contributed by atoms with E-state index in [1.165, 1.54) is 0 Å². The number of halogens is 1. The molecule has 2 nitrogen and oxygen atoms in total. The molecule has 0 fully saturated rings. The number of nitrogens with one attached hydrogen (secondary N) is 1. The van der Waals surface area contributed by atoms with Gasteiger partial charge in [-0.15, -0.1) is 0 Å². The molecule has 0 atom stereocenters. The minimum Gasteiger partial charge on any atom is -0.351 e. The van der Waals surface area contributed by atoms with Crippen molar-refractivity contribution in [2.24, 2.45) is 0 Å². The molecule has 0 aliphatic rings. The Morgan fingerprint density at radius 1 is 1.29 bits per heavy atom. The third-order valence-electron chi connectivity index (χ3n) is 2.92. The average Bonchev–Trinajstić information content (AvgIpc) is 2.28. The van der Waals surface area contributed by atoms with Gasteiger partial charge in [0.1, 0.15) is 0 Å². The van der Waals surface area contributed by atoms with Crippen LogP contribution in [0.25, 0.3) is 0 Å². The summed E-state index contributed by atoms with van der Waals surface area (Å²) >= 11 is 5.80. The maximum atomic E-state index is 11.7. The molecule has 0 bridgehead atoms. The lowest BCUT2D eigenvalue weighted by atomic mass is 10.0. The SMILES string of the molecule is CCC(C)(C)NC(=O)CCc1ccc(Cl)cc1. The molecule has 1 amide bonds. The lowest BCUT2D eigenvalue weighted by Crippen LogP contribution is -2.42. The lowest BCUT2D eigenvalue weighted by Gasteiger charge is -2.24. The Morgan fingerprint density at radius 3 is 2.41 bits per heavy atom. The molecule has 0 saturated carbocycles. The van der Waals surface area contributed by atoms with Crippen molar-refractivity contribution >= 4 is 17.5 Å². The van der Waals surface area contributed by atoms with Gasteiger partial charge in [0, 0.05) is 17.0 Å². The van der Waals surface area contributed by atoms with Gasteiger partial charge < -0.3 is 5.32 Å². The van der Waals surface area contributed by atoms with E-state index in [0.29, 0.717) is 6.42 Å². The minimum atomic E-state index is -0.114. The van der Waals surface area contributed by atoms with Crippen molar-refractivity contribution in [2.45, 2.75) is 45.6 Å². The van der Waals surface area contributed by atoms with Gasteiger partial charge in [0.2, 0.25) is 5.91 Å². The molecule has 0 aliphatic heterocycles. The fourth-order valence-corrected chi connectivity index (χ4v) is 1.56. The summed E-state index contributed by atoms with van der Waals surface area (Å²) in [7, 11) is 0. The summed E-state index contributed by atoms with van der Waals surface area (Å²) in [5.41, 5.74) is 1.02. The van der Waals surface area contributed by atoms with Gasteiger partial charge in [-0.2, -0.15) is 0 Å². The minimum absolute atomic E-state index is 0.104. The fraction of sp³-hybridized carbons (Fsp3) is 0.500. The van der Waals surface area contributed by atoms with Gasteiger partial charge in [-0.05, 0) is 44.4 Å². The Morgan fingerprint density at radius 2 is 1.88 bits per heavy atom. The highest BCUT2D eigenvalue weighted by atomic mass is 35.5. The van der Waals surface area contributed by atoms with Crippen molar-refractivity contribution in [2.75, 3.05) is 0 Å². The summed E-state index contributed by atoms with van der Waals surface area (Å²) in [6.45, 7) is 6.14. The predicted octanol–water partition coefficient (Wildman–Crippen LogP) is 3.58. The Kier molecular flexibility index (Phi) is 5.01. The van der Waals surface area contributed by atoms with E-state index in [-0.39, 0.29) is 11.4 Å². The molecular weight excluding hydrogens is 234 g/mol. The van der Waals surface area contributed by atoms with E-state index in [9.17, 15) is 4.79 Å². The Balaban J connectivity index is 2.41. The molecule has 17 heavy (non-hydrogen) atoms. The van der Waals surface area contributed by atoms with Gasteiger partial charge in [-0.3, -0.25) is 4.79 Å². The van der Waals surface area contributed by atoms with E-state index in [0.717, 1.165) is 23.4 Å². The van der Waals surface area contributed by atoms with E-state index < -0.39 is 0 Å². The van der Waals surface area contributed by atoms with Crippen molar-refractivity contribution in [1.29, 1.82) is 0 Å². The standard InChI is InChI=1S/C14H20ClNO/c1-4-14(2,3)16-13(17)10-7-11-5-8-12(15)9-6-11/h5-6,8-9H,4,7,10H2,1-3H3,(H,16,17). The second-order valence-electron chi connectivity index (χ2n) is 4.91. The van der Waals surface area contributed by atoms with Gasteiger partial charge in [-0.25, -0.2) is 0 Å². The number of carbonyl (C=O) groups is 1. The molecule has 1 rings (SSSR count). The first-order valence-corrected chi connectivity index (χ1v) is 6.36. The largest absolute Gasteiger partial charge is 0.351 e. The van der Waals surface area contributed by atoms with Gasteiger partial charge >= 0.3 is 0 Å². The molecule has 1 aromatic carbocycles. The van der Waals surface area contributed by atoms with Crippen molar-refractivity contribution < 1.29 is 4.79 Å². The molecule has 0 spiro atoms. The molecule has 0 aromatic heterocycles. The first-order valence-electron chi connectivity index (χ1n) is 5.98. The van der Waals surface area contributed by atoms with Crippen LogP contribution in [0, 0.1) is 0 Å². The smallest absolute Gasteiger partial charge is 0.220 e. The van der Waals surface area contributed by atoms with Crippen LogP contribution < -0.4 is 5.32 Å². The van der Waals surface area contributed by atoms with Gasteiger partial charge in [-0.1, -0.05) is 30.7 Å². The van der Waals surface area contributed by atoms with E-state index in [2.05, 4.69) is 12.2 Å². The Bertz CT molecular complexity index is 370. The zero-order valence-corrected chi connectivity index (χ0v) is 11.5. The molecule has 94 valence electrons. The van der Waals surface area contributed by atoms with E-state index in [1.807, 2.05) is 38.1 Å². The van der Waals surface area contributed by atoms with Crippen molar-refractivity contribution in [3.8, 4) is 0 Å². The molecule has 3 heteroatoms. The topological polar surface area (TPSA) is 29.1 Å². The third-order valence-corrected chi connectivity index (χ3v) is 3.17. The summed E-state index contributed by atoms with van der Waals surface area (Å²) in [5, 5.41) is 3.75. The third kappa shape index (κ3) is 5.22. The van der Waals surface area contributed by atoms with Crippen molar-refractivity contribution in [1.82, 2.24) is 5.32 Å². The van der Waals surface area contributed by atoms with E-state index in [4.69, 9.17) is 11.6 Å². The number of rotatable bonds is 5. The maximum absolute atomic E-state index is 11.7. The van der Waals surface area contributed by atoms with Crippen LogP contribution in [-0.4, -0.2) is 11.4 Å². The van der Waals surface area contributed by atoms with Crippen LogP contribution in [0.2, 0.25) is 5.02 Å². The lowest BCUT2D eigenvalue weighted by molar-refractivity contribution is -0.122. The Hall–Kier alpha value is -1.02. The van der Waals surface area contributed by atoms with Crippen LogP contribution in [-0.2, 0) is 11.2 Å². The molecule has 1 N–H and O–H groups in total. The zero-order valence-electron chi connectivity index (χ0n) is 10.7. The highest BCUT2D eigenvalue weighted by Crippen LogP contribution is 2.12. The van der Waals surface area contributed by atoms with Gasteiger partial charge in [0.15, 0.2) is 0 Å². The highest BCUT2D eigenvalue weighted by Gasteiger charge is 2.17. The second kappa shape index (κ2) is 6.06. The average molecular weight is 254 g/mol. The molecule has 1 aromatic rings. The van der Waals surface area contributed by atoms with Crippen LogP contribution in [0.15, 0.2) is 24.3 Å². The Labute approximate surface area is 108 Å².